The number of rotatable bonds is 4. The van der Waals surface area contributed by atoms with Crippen LogP contribution in [0, 0.1) is 0 Å². The van der Waals surface area contributed by atoms with Gasteiger partial charge in [0, 0.05) is 11.4 Å². The normalized spacial score (nSPS) is 19.9. The summed E-state index contributed by atoms with van der Waals surface area (Å²) in [6.07, 6.45) is 3.42. The van der Waals surface area contributed by atoms with Crippen molar-refractivity contribution in [2.75, 3.05) is 16.0 Å². The van der Waals surface area contributed by atoms with Crippen LogP contribution in [-0.2, 0) is 22.4 Å². The Morgan fingerprint density at radius 2 is 1.93 bits per heavy atom. The van der Waals surface area contributed by atoms with Crippen LogP contribution in [-0.4, -0.2) is 22.9 Å². The van der Waals surface area contributed by atoms with Crippen LogP contribution in [0.1, 0.15) is 35.4 Å². The van der Waals surface area contributed by atoms with Gasteiger partial charge in [0.2, 0.25) is 11.8 Å². The van der Waals surface area contributed by atoms with Crippen molar-refractivity contribution in [2.45, 2.75) is 36.9 Å². The van der Waals surface area contributed by atoms with E-state index in [4.69, 9.17) is 11.6 Å². The molecule has 2 aromatic rings. The Balaban J connectivity index is 1.57. The maximum atomic E-state index is 12.6. The van der Waals surface area contributed by atoms with Crippen molar-refractivity contribution < 1.29 is 9.59 Å². The highest BCUT2D eigenvalue weighted by molar-refractivity contribution is 8.00. The van der Waals surface area contributed by atoms with Gasteiger partial charge in [-0.1, -0.05) is 18.2 Å². The number of carbonyl (C=O) groups excluding carboxylic acids is 2. The number of anilines is 2. The van der Waals surface area contributed by atoms with Crippen molar-refractivity contribution in [3.05, 3.63) is 59.2 Å². The number of thioether (sulfide) groups is 1. The number of nitrogens with zero attached hydrogens (tertiary/aromatic N) is 1. The van der Waals surface area contributed by atoms with Gasteiger partial charge >= 0.3 is 0 Å². The molecule has 4 nitrogen and oxygen atoms in total. The maximum absolute atomic E-state index is 12.6. The molecule has 1 aliphatic heterocycles. The lowest BCUT2D eigenvalue weighted by atomic mass is 10.1. The summed E-state index contributed by atoms with van der Waals surface area (Å²) in [7, 11) is 0. The lowest BCUT2D eigenvalue weighted by Crippen LogP contribution is -2.28. The molecule has 27 heavy (non-hydrogen) atoms. The van der Waals surface area contributed by atoms with E-state index in [1.807, 2.05) is 29.2 Å². The molecule has 1 fully saturated rings. The minimum absolute atomic E-state index is 0.0475. The highest BCUT2D eigenvalue weighted by Crippen LogP contribution is 2.42. The van der Waals surface area contributed by atoms with Gasteiger partial charge in [-0.2, -0.15) is 0 Å². The number of amides is 2. The van der Waals surface area contributed by atoms with E-state index in [1.54, 1.807) is 18.7 Å². The summed E-state index contributed by atoms with van der Waals surface area (Å²) in [4.78, 5) is 26.2. The minimum atomic E-state index is -0.581. The number of hydrogen-bond acceptors (Lipinski definition) is 3. The van der Waals surface area contributed by atoms with Crippen LogP contribution in [0.15, 0.2) is 42.5 Å². The second-order valence-corrected chi connectivity index (χ2v) is 8.68. The van der Waals surface area contributed by atoms with E-state index in [1.165, 1.54) is 17.5 Å². The first-order valence-electron chi connectivity index (χ1n) is 9.13. The van der Waals surface area contributed by atoms with Crippen LogP contribution >= 0.6 is 23.4 Å². The number of hydrogen-bond donors (Lipinski definition) is 1. The van der Waals surface area contributed by atoms with Gasteiger partial charge in [0.05, 0.1) is 5.75 Å². The van der Waals surface area contributed by atoms with Crippen LogP contribution in [0.3, 0.4) is 0 Å². The molecule has 140 valence electrons. The predicted octanol–water partition coefficient (Wildman–Crippen LogP) is 4.52. The van der Waals surface area contributed by atoms with Crippen molar-refractivity contribution in [1.82, 2.24) is 0 Å². The summed E-state index contributed by atoms with van der Waals surface area (Å²) in [6, 6.07) is 14.0. The fourth-order valence-corrected chi connectivity index (χ4v) is 4.86. The van der Waals surface area contributed by atoms with Crippen molar-refractivity contribution in [3.63, 3.8) is 0 Å². The fourth-order valence-electron chi connectivity index (χ4n) is 3.63. The highest BCUT2D eigenvalue weighted by Gasteiger charge is 2.34. The second kappa shape index (κ2) is 7.56. The van der Waals surface area contributed by atoms with Crippen LogP contribution < -0.4 is 10.2 Å². The van der Waals surface area contributed by atoms with E-state index < -0.39 is 5.38 Å². The predicted molar refractivity (Wildman–Crippen MR) is 112 cm³/mol. The van der Waals surface area contributed by atoms with Crippen LogP contribution in [0.4, 0.5) is 11.4 Å². The summed E-state index contributed by atoms with van der Waals surface area (Å²) in [5.41, 5.74) is 5.49. The number of halogens is 1. The van der Waals surface area contributed by atoms with Gasteiger partial charge in [0.1, 0.15) is 10.8 Å². The molecular weight excluding hydrogens is 380 g/mol. The molecule has 0 radical (unpaired) electrons. The average Bonchev–Trinajstić information content (AvgIpc) is 3.28. The zero-order valence-corrected chi connectivity index (χ0v) is 16.6. The third-order valence-corrected chi connectivity index (χ3v) is 6.46. The molecule has 2 aromatic carbocycles. The molecule has 4 rings (SSSR count). The minimum Gasteiger partial charge on any atom is -0.325 e. The monoisotopic (exact) mass is 400 g/mol. The molecule has 0 bridgehead atoms. The molecule has 2 atom stereocenters. The second-order valence-electron chi connectivity index (χ2n) is 6.96. The average molecular weight is 401 g/mol. The van der Waals surface area contributed by atoms with E-state index in [-0.39, 0.29) is 17.2 Å². The van der Waals surface area contributed by atoms with Gasteiger partial charge in [-0.3, -0.25) is 14.5 Å². The number of aryl methyl sites for hydroxylation is 2. The topological polar surface area (TPSA) is 49.4 Å². The SMILES string of the molecule is C[C@@H](Cl)C(=O)Nc1ccc([C@H]2SCC(=O)N2c2ccc3c(c2)CCC3)cc1. The Hall–Kier alpha value is -1.98. The summed E-state index contributed by atoms with van der Waals surface area (Å²) < 4.78 is 0. The Bertz CT molecular complexity index is 882. The lowest BCUT2D eigenvalue weighted by molar-refractivity contribution is -0.116. The summed E-state index contributed by atoms with van der Waals surface area (Å²) in [5.74, 6) is 0.384. The van der Waals surface area contributed by atoms with Crippen LogP contribution in [0.2, 0.25) is 0 Å². The number of benzene rings is 2. The molecule has 1 aliphatic carbocycles. The van der Waals surface area contributed by atoms with Crippen molar-refractivity contribution in [3.8, 4) is 0 Å². The third kappa shape index (κ3) is 3.71. The van der Waals surface area contributed by atoms with Crippen molar-refractivity contribution in [2.24, 2.45) is 0 Å². The van der Waals surface area contributed by atoms with E-state index in [0.717, 1.165) is 24.1 Å². The Kier molecular flexibility index (Phi) is 5.15. The van der Waals surface area contributed by atoms with Gasteiger partial charge in [-0.25, -0.2) is 0 Å². The van der Waals surface area contributed by atoms with Crippen molar-refractivity contribution in [1.29, 1.82) is 0 Å². The van der Waals surface area contributed by atoms with Gasteiger partial charge in [-0.15, -0.1) is 23.4 Å². The Labute approximate surface area is 168 Å². The molecule has 1 N–H and O–H groups in total. The maximum Gasteiger partial charge on any atom is 0.242 e. The first-order chi connectivity index (χ1) is 13.0. The van der Waals surface area contributed by atoms with Gasteiger partial charge in [0.25, 0.3) is 0 Å². The number of carbonyl (C=O) groups is 2. The number of fused-ring (bicyclic) bond motifs is 1. The van der Waals surface area contributed by atoms with E-state index in [0.29, 0.717) is 11.4 Å². The summed E-state index contributed by atoms with van der Waals surface area (Å²) in [5, 5.41) is 2.15. The molecule has 0 saturated carbocycles. The molecule has 6 heteroatoms. The van der Waals surface area contributed by atoms with E-state index >= 15 is 0 Å². The standard InChI is InChI=1S/C21H21ClN2O2S/c1-13(22)20(26)23-17-8-5-15(6-9-17)21-24(19(25)12-27-21)18-10-7-14-3-2-4-16(14)11-18/h5-11,13,21H,2-4,12H2,1H3,(H,23,26)/t13-,21-/m1/s1. The number of nitrogens with one attached hydrogen (secondary N) is 1. The first kappa shape index (κ1) is 18.4. The van der Waals surface area contributed by atoms with Gasteiger partial charge in [-0.05, 0) is 67.1 Å². The highest BCUT2D eigenvalue weighted by atomic mass is 35.5. The van der Waals surface area contributed by atoms with Crippen LogP contribution in [0.25, 0.3) is 0 Å². The third-order valence-electron chi connectivity index (χ3n) is 5.05. The summed E-state index contributed by atoms with van der Waals surface area (Å²) in [6.45, 7) is 1.64. The quantitative estimate of drug-likeness (QED) is 0.767. The largest absolute Gasteiger partial charge is 0.325 e. The number of alkyl halides is 1. The molecule has 0 spiro atoms. The van der Waals surface area contributed by atoms with E-state index in [9.17, 15) is 9.59 Å². The Morgan fingerprint density at radius 1 is 1.19 bits per heavy atom. The lowest BCUT2D eigenvalue weighted by Gasteiger charge is -2.25. The molecule has 2 aliphatic rings. The molecular formula is C21H21ClN2O2S. The fraction of sp³-hybridized carbons (Fsp3) is 0.333. The zero-order valence-electron chi connectivity index (χ0n) is 15.1. The zero-order chi connectivity index (χ0) is 19.0. The smallest absolute Gasteiger partial charge is 0.242 e. The van der Waals surface area contributed by atoms with E-state index in [2.05, 4.69) is 23.5 Å². The van der Waals surface area contributed by atoms with Gasteiger partial charge < -0.3 is 5.32 Å². The molecule has 1 saturated heterocycles. The first-order valence-corrected chi connectivity index (χ1v) is 10.6. The molecule has 0 unspecified atom stereocenters. The molecule has 1 heterocycles. The molecule has 0 aromatic heterocycles. The summed E-state index contributed by atoms with van der Waals surface area (Å²) >= 11 is 7.43. The Morgan fingerprint density at radius 3 is 2.67 bits per heavy atom. The van der Waals surface area contributed by atoms with Crippen molar-refractivity contribution >= 4 is 46.6 Å². The van der Waals surface area contributed by atoms with Crippen LogP contribution in [0.5, 0.6) is 0 Å². The van der Waals surface area contributed by atoms with Gasteiger partial charge in [0.15, 0.2) is 0 Å². The molecule has 2 amide bonds.